The second-order valence-corrected chi connectivity index (χ2v) is 4.84. The van der Waals surface area contributed by atoms with Crippen molar-refractivity contribution in [2.45, 2.75) is 61.3 Å². The number of aromatic nitrogens is 2. The maximum absolute atomic E-state index is 3.64. The third kappa shape index (κ3) is 24.6. The molecule has 138 valence electrons. The van der Waals surface area contributed by atoms with Crippen molar-refractivity contribution in [1.82, 2.24) is 0 Å². The van der Waals surface area contributed by atoms with Crippen LogP contribution in [-0.4, -0.2) is 14.6 Å². The van der Waals surface area contributed by atoms with Crippen LogP contribution in [0.1, 0.15) is 42.0 Å². The minimum atomic E-state index is 0. The van der Waals surface area contributed by atoms with E-state index in [4.69, 9.17) is 0 Å². The van der Waals surface area contributed by atoms with Crippen molar-refractivity contribution in [3.63, 3.8) is 0 Å². The van der Waals surface area contributed by atoms with Gasteiger partial charge in [-0.15, -0.1) is 0 Å². The molecule has 2 aromatic heterocycles. The fraction of sp³-hybridized carbons (Fsp3) is 0.450. The second-order valence-electron chi connectivity index (χ2n) is 4.84. The summed E-state index contributed by atoms with van der Waals surface area (Å²) in [4.78, 5) is 0. The van der Waals surface area contributed by atoms with Gasteiger partial charge >= 0.3 is 0 Å². The maximum Gasteiger partial charge on any atom is 0.200 e. The summed E-state index contributed by atoms with van der Waals surface area (Å²) in [5.41, 5.74) is 0. The molecule has 26 heavy (non-hydrogen) atoms. The zero-order chi connectivity index (χ0) is 16.5. The van der Waals surface area contributed by atoms with Crippen LogP contribution in [0.15, 0.2) is 61.2 Å². The van der Waals surface area contributed by atoms with Gasteiger partial charge in [0.1, 0.15) is 6.44 Å². The first kappa shape index (κ1) is 37.4. The zero-order valence-corrected chi connectivity index (χ0v) is 21.2. The van der Waals surface area contributed by atoms with Gasteiger partial charge < -0.3 is 6.82 Å². The number of rotatable bonds is 5. The maximum atomic E-state index is 3.64. The average Bonchev–Trinajstić information content (AvgIpc) is 2.57. The first-order valence-corrected chi connectivity index (χ1v) is 8.09. The Kier molecular flexibility index (Phi) is 43.7. The fourth-order valence-electron chi connectivity index (χ4n) is 1.54. The van der Waals surface area contributed by atoms with Gasteiger partial charge in [-0.25, -0.2) is 9.13 Å². The Hall–Kier alpha value is 0.638. The molecule has 0 fully saturated rings. The van der Waals surface area contributed by atoms with Gasteiger partial charge in [0, 0.05) is 89.7 Å². The van der Waals surface area contributed by atoms with Crippen molar-refractivity contribution in [3.05, 3.63) is 68.0 Å². The number of hydrogen-bond acceptors (Lipinski definition) is 0. The first-order valence-electron chi connectivity index (χ1n) is 8.09. The summed E-state index contributed by atoms with van der Waals surface area (Å²) < 4.78 is 4.22. The number of nitrogens with zero attached hydrogens (tertiary/aromatic N) is 2. The van der Waals surface area contributed by atoms with E-state index in [9.17, 15) is 0 Å². The Labute approximate surface area is 216 Å². The molecule has 0 N–H and O–H groups in total. The van der Waals surface area contributed by atoms with Crippen LogP contribution in [0.2, 0.25) is 6.32 Å². The summed E-state index contributed by atoms with van der Waals surface area (Å²) in [7, 11) is 4.12. The van der Waals surface area contributed by atoms with Gasteiger partial charge in [0.15, 0.2) is 24.8 Å². The Morgan fingerprint density at radius 2 is 1.04 bits per heavy atom. The number of pyridine rings is 2. The van der Waals surface area contributed by atoms with Crippen LogP contribution in [0.3, 0.4) is 0 Å². The van der Waals surface area contributed by atoms with Crippen molar-refractivity contribution < 1.29 is 74.6 Å². The average molecular weight is 505 g/mol. The van der Waals surface area contributed by atoms with E-state index in [2.05, 4.69) is 56.4 Å². The predicted molar refractivity (Wildman–Crippen MR) is 110 cm³/mol. The topological polar surface area (TPSA) is 7.76 Å². The van der Waals surface area contributed by atoms with Crippen LogP contribution in [0, 0.1) is 6.82 Å². The van der Waals surface area contributed by atoms with Crippen LogP contribution < -0.4 is 9.13 Å². The van der Waals surface area contributed by atoms with Crippen LogP contribution >= 0.6 is 0 Å². The summed E-state index contributed by atoms with van der Waals surface area (Å²) in [6.07, 6.45) is 12.5. The van der Waals surface area contributed by atoms with E-state index in [-0.39, 0.29) is 80.3 Å². The van der Waals surface area contributed by atoms with E-state index in [1.165, 1.54) is 6.42 Å². The van der Waals surface area contributed by atoms with Gasteiger partial charge in [0.05, 0.1) is 6.44 Å². The van der Waals surface area contributed by atoms with Crippen molar-refractivity contribution in [2.24, 2.45) is 0 Å². The van der Waals surface area contributed by atoms with Crippen molar-refractivity contribution in [2.75, 3.05) is 0 Å². The molecule has 0 spiro atoms. The molecule has 2 rings (SSSR count). The van der Waals surface area contributed by atoms with Crippen LogP contribution in [-0.2, 0) is 78.3 Å². The largest absolute Gasteiger partial charge is 0.367 e. The van der Waals surface area contributed by atoms with E-state index in [1.54, 1.807) is 0 Å². The first-order chi connectivity index (χ1) is 10.8. The molecule has 4 radical (unpaired) electrons. The van der Waals surface area contributed by atoms with Crippen LogP contribution in [0.25, 0.3) is 0 Å². The normalized spacial score (nSPS) is 7.38. The van der Waals surface area contributed by atoms with Crippen LogP contribution in [0.4, 0.5) is 0 Å². The summed E-state index contributed by atoms with van der Waals surface area (Å²) in [6, 6.07) is 12.1. The van der Waals surface area contributed by atoms with Gasteiger partial charge in [-0.05, 0) is 7.28 Å². The molecule has 0 aliphatic carbocycles. The summed E-state index contributed by atoms with van der Waals surface area (Å²) in [6.45, 7) is 10.0. The van der Waals surface area contributed by atoms with Gasteiger partial charge in [-0.2, -0.15) is 0 Å². The summed E-state index contributed by atoms with van der Waals surface area (Å²) >= 11 is 0. The molecule has 2 aromatic rings. The van der Waals surface area contributed by atoms with E-state index < -0.39 is 0 Å². The molecule has 0 saturated carbocycles. The SMILES string of the molecule is C.C.CCC.CC[B]C[n+]1ccccc1.[CH2-][B]C[n+]1ccccc1.[Y].[Y]. The minimum Gasteiger partial charge on any atom is -0.367 e. The second kappa shape index (κ2) is 30.4. The van der Waals surface area contributed by atoms with E-state index >= 15 is 0 Å². The standard InChI is InChI=1S/C8H12BN.C7H9BN.C3H8.2CH4.2Y/c1-2-9-8-10-6-4-3-5-7-10;1-8-7-9-5-3-2-4-6-9;1-3-2;;;;/h3-7H,2,8H2,1H3;2-6H,1,7H2;3H2,1-2H3;2*1H4;;/q+1;;;;;;. The molecule has 0 atom stereocenters. The fourth-order valence-corrected chi connectivity index (χ4v) is 1.54. The van der Waals surface area contributed by atoms with Crippen LogP contribution in [0.5, 0.6) is 0 Å². The van der Waals surface area contributed by atoms with E-state index in [0.717, 1.165) is 19.2 Å². The molecule has 2 nitrogen and oxygen atoms in total. The monoisotopic (exact) mass is 505 g/mol. The minimum absolute atomic E-state index is 0. The van der Waals surface area contributed by atoms with Gasteiger partial charge in [-0.3, -0.25) is 0 Å². The van der Waals surface area contributed by atoms with Crippen molar-refractivity contribution >= 4 is 14.6 Å². The molecule has 0 amide bonds. The molecular weight excluding hydrogens is 468 g/mol. The molecular formula is C20H37B2N2Y2+. The Balaban J connectivity index is -0.0000000869. The molecule has 6 heteroatoms. The molecule has 0 bridgehead atoms. The Bertz CT molecular complexity index is 446. The van der Waals surface area contributed by atoms with Crippen molar-refractivity contribution in [1.29, 1.82) is 0 Å². The van der Waals surface area contributed by atoms with Crippen molar-refractivity contribution in [3.8, 4) is 0 Å². The molecule has 0 unspecified atom stereocenters. The molecule has 0 saturated heterocycles. The summed E-state index contributed by atoms with van der Waals surface area (Å²) in [5.74, 6) is 0. The quantitative estimate of drug-likeness (QED) is 0.328. The van der Waals surface area contributed by atoms with Gasteiger partial charge in [0.2, 0.25) is 7.28 Å². The zero-order valence-electron chi connectivity index (χ0n) is 15.5. The van der Waals surface area contributed by atoms with E-state index in [0.29, 0.717) is 0 Å². The summed E-state index contributed by atoms with van der Waals surface area (Å²) in [5, 5.41) is 0. The Morgan fingerprint density at radius 3 is 1.35 bits per heavy atom. The smallest absolute Gasteiger partial charge is 0.200 e. The third-order valence-corrected chi connectivity index (χ3v) is 2.52. The predicted octanol–water partition coefficient (Wildman–Crippen LogP) is 4.18. The third-order valence-electron chi connectivity index (χ3n) is 2.52. The van der Waals surface area contributed by atoms with E-state index in [1.807, 2.05) is 56.1 Å². The Morgan fingerprint density at radius 1 is 0.692 bits per heavy atom. The molecule has 0 aliphatic heterocycles. The number of hydrogen-bond donors (Lipinski definition) is 0. The molecule has 2 heterocycles. The van der Waals surface area contributed by atoms with Gasteiger partial charge in [-0.1, -0.05) is 60.5 Å². The molecule has 0 aliphatic rings. The molecule has 0 aromatic carbocycles. The van der Waals surface area contributed by atoms with Gasteiger partial charge in [0.25, 0.3) is 0 Å².